The zero-order valence-corrected chi connectivity index (χ0v) is 25.3. The summed E-state index contributed by atoms with van der Waals surface area (Å²) in [5.74, 6) is 1.11. The highest BCUT2D eigenvalue weighted by molar-refractivity contribution is 7.09. The van der Waals surface area contributed by atoms with Crippen LogP contribution < -0.4 is 0 Å². The summed E-state index contributed by atoms with van der Waals surface area (Å²) in [6, 6.07) is 0. The third kappa shape index (κ3) is 5.54. The lowest BCUT2D eigenvalue weighted by Gasteiger charge is -2.47. The molecule has 4 nitrogen and oxygen atoms in total. The van der Waals surface area contributed by atoms with Crippen molar-refractivity contribution >= 4 is 11.3 Å². The molecule has 4 saturated carbocycles. The number of rotatable bonds is 8. The van der Waals surface area contributed by atoms with E-state index in [1.54, 1.807) is 11.3 Å². The maximum atomic E-state index is 11.4. The molecule has 1 aromatic heterocycles. The average Bonchev–Trinajstić information content (AvgIpc) is 3.41. The summed E-state index contributed by atoms with van der Waals surface area (Å²) < 4.78 is 0. The summed E-state index contributed by atoms with van der Waals surface area (Å²) in [6.45, 7) is 13.5. The number of hydrogen-bond acceptors (Lipinski definition) is 5. The van der Waals surface area contributed by atoms with Gasteiger partial charge in [-0.15, -0.1) is 11.3 Å². The van der Waals surface area contributed by atoms with Crippen LogP contribution in [-0.4, -0.2) is 38.6 Å². The Labute approximate surface area is 239 Å². The number of aromatic nitrogens is 1. The minimum Gasteiger partial charge on any atom is -0.393 e. The lowest BCUT2D eigenvalue weighted by molar-refractivity contribution is 0.0706. The molecule has 3 N–H and O–H groups in total. The van der Waals surface area contributed by atoms with Crippen molar-refractivity contribution in [3.63, 3.8) is 0 Å². The number of aliphatic hydroxyl groups excluding tert-OH is 3. The SMILES string of the molecule is C=C1/C(=C\C=C2/CCC[C@]3(C)[C@@H](C(C)(C)/C=C/[C@H](O)C4(c5nc(CCC)cs5)CC4)CC[C@@H]23)C[C@@H](O)C[C@@H]1O. The molecule has 5 heteroatoms. The maximum Gasteiger partial charge on any atom is 0.102 e. The first-order valence-corrected chi connectivity index (χ1v) is 16.2. The number of aryl methyl sites for hydroxylation is 1. The molecule has 39 heavy (non-hydrogen) atoms. The van der Waals surface area contributed by atoms with Crippen molar-refractivity contribution in [1.82, 2.24) is 4.98 Å². The Kier molecular flexibility index (Phi) is 8.20. The molecule has 5 rings (SSSR count). The molecule has 4 fully saturated rings. The van der Waals surface area contributed by atoms with Crippen LogP contribution >= 0.6 is 11.3 Å². The molecule has 214 valence electrons. The van der Waals surface area contributed by atoms with Gasteiger partial charge in [0.2, 0.25) is 0 Å². The number of nitrogens with zero attached hydrogens (tertiary/aromatic N) is 1. The van der Waals surface area contributed by atoms with Crippen molar-refractivity contribution in [1.29, 1.82) is 0 Å². The number of hydrogen-bond donors (Lipinski definition) is 3. The summed E-state index contributed by atoms with van der Waals surface area (Å²) in [5, 5.41) is 35.1. The van der Waals surface area contributed by atoms with Gasteiger partial charge in [0.1, 0.15) is 5.01 Å². The van der Waals surface area contributed by atoms with E-state index in [0.717, 1.165) is 48.3 Å². The van der Waals surface area contributed by atoms with E-state index in [4.69, 9.17) is 4.98 Å². The van der Waals surface area contributed by atoms with Gasteiger partial charge in [0, 0.05) is 11.8 Å². The summed E-state index contributed by atoms with van der Waals surface area (Å²) >= 11 is 1.73. The Morgan fingerprint density at radius 2 is 1.97 bits per heavy atom. The maximum absolute atomic E-state index is 11.4. The minimum atomic E-state index is -0.641. The summed E-state index contributed by atoms with van der Waals surface area (Å²) in [5.41, 5.74) is 4.48. The lowest BCUT2D eigenvalue weighted by Crippen LogP contribution is -2.39. The van der Waals surface area contributed by atoms with Gasteiger partial charge >= 0.3 is 0 Å². The highest BCUT2D eigenvalue weighted by atomic mass is 32.1. The minimum absolute atomic E-state index is 0.0103. The van der Waals surface area contributed by atoms with Crippen LogP contribution in [0.5, 0.6) is 0 Å². The summed E-state index contributed by atoms with van der Waals surface area (Å²) in [6.07, 6.45) is 18.3. The van der Waals surface area contributed by atoms with Crippen LogP contribution in [0.25, 0.3) is 0 Å². The van der Waals surface area contributed by atoms with E-state index in [0.29, 0.717) is 24.7 Å². The monoisotopic (exact) mass is 551 g/mol. The van der Waals surface area contributed by atoms with Crippen molar-refractivity contribution in [2.75, 3.05) is 0 Å². The second-order valence-corrected chi connectivity index (χ2v) is 14.6. The molecule has 0 bridgehead atoms. The fourth-order valence-corrected chi connectivity index (χ4v) is 9.39. The molecule has 1 aromatic rings. The Bertz CT molecular complexity index is 1150. The normalized spacial score (nSPS) is 35.6. The Hall–Kier alpha value is -1.53. The predicted octanol–water partition coefficient (Wildman–Crippen LogP) is 7.21. The first kappa shape index (κ1) is 29.0. The highest BCUT2D eigenvalue weighted by Gasteiger charge is 2.54. The van der Waals surface area contributed by atoms with Gasteiger partial charge in [-0.25, -0.2) is 4.98 Å². The quantitative estimate of drug-likeness (QED) is 0.299. The first-order valence-electron chi connectivity index (χ1n) is 15.3. The van der Waals surface area contributed by atoms with E-state index >= 15 is 0 Å². The second kappa shape index (κ2) is 11.0. The van der Waals surface area contributed by atoms with Crippen LogP contribution in [0.2, 0.25) is 0 Å². The van der Waals surface area contributed by atoms with E-state index in [1.807, 2.05) is 0 Å². The van der Waals surface area contributed by atoms with Crippen molar-refractivity contribution < 1.29 is 15.3 Å². The molecule has 0 amide bonds. The van der Waals surface area contributed by atoms with Gasteiger partial charge in [-0.1, -0.05) is 70.6 Å². The smallest absolute Gasteiger partial charge is 0.102 e. The third-order valence-electron chi connectivity index (χ3n) is 10.7. The molecule has 0 saturated heterocycles. The molecular formula is C34H49NO3S. The van der Waals surface area contributed by atoms with Gasteiger partial charge in [0.05, 0.1) is 29.4 Å². The van der Waals surface area contributed by atoms with Gasteiger partial charge in [-0.2, -0.15) is 0 Å². The summed E-state index contributed by atoms with van der Waals surface area (Å²) in [4.78, 5) is 4.90. The van der Waals surface area contributed by atoms with Gasteiger partial charge in [0.15, 0.2) is 0 Å². The standard InChI is InChI=1S/C34H49NO3S/c1-6-8-25-21-39-31(35-25)34(17-18-34)30(38)14-16-32(3,4)29-13-12-27-23(9-7-15-33(27,29)5)10-11-24-19-26(36)20-28(37)22(24)2/h10-11,14,16,21,26-30,36-38H,2,6-9,12-13,15,17-20H2,1,3-5H3/b16-14+,23-10+,24-11-/t26-,27+,28+,29-,30+,33+/m1/s1. The van der Waals surface area contributed by atoms with Gasteiger partial charge < -0.3 is 15.3 Å². The average molecular weight is 552 g/mol. The van der Waals surface area contributed by atoms with Crippen LogP contribution in [0, 0.1) is 22.7 Å². The molecule has 1 heterocycles. The molecule has 0 aromatic carbocycles. The molecule has 4 aliphatic rings. The fourth-order valence-electron chi connectivity index (χ4n) is 8.24. The van der Waals surface area contributed by atoms with E-state index < -0.39 is 18.3 Å². The molecule has 6 atom stereocenters. The molecule has 0 radical (unpaired) electrons. The van der Waals surface area contributed by atoms with Crippen LogP contribution in [0.15, 0.2) is 53.0 Å². The number of fused-ring (bicyclic) bond motifs is 1. The van der Waals surface area contributed by atoms with Gasteiger partial charge in [0.25, 0.3) is 0 Å². The Morgan fingerprint density at radius 3 is 2.69 bits per heavy atom. The Morgan fingerprint density at radius 1 is 1.21 bits per heavy atom. The largest absolute Gasteiger partial charge is 0.393 e. The molecule has 4 aliphatic carbocycles. The molecule has 0 unspecified atom stereocenters. The lowest BCUT2D eigenvalue weighted by atomic mass is 9.57. The van der Waals surface area contributed by atoms with Crippen LogP contribution in [0.4, 0.5) is 0 Å². The number of aliphatic hydroxyl groups is 3. The van der Waals surface area contributed by atoms with E-state index in [2.05, 4.69) is 64.0 Å². The van der Waals surface area contributed by atoms with Crippen molar-refractivity contribution in [3.05, 3.63) is 63.7 Å². The zero-order valence-electron chi connectivity index (χ0n) is 24.5. The van der Waals surface area contributed by atoms with Crippen molar-refractivity contribution in [3.8, 4) is 0 Å². The predicted molar refractivity (Wildman–Crippen MR) is 161 cm³/mol. The summed E-state index contributed by atoms with van der Waals surface area (Å²) in [7, 11) is 0. The fraction of sp³-hybridized carbons (Fsp3) is 0.676. The number of thiazole rings is 1. The third-order valence-corrected chi connectivity index (χ3v) is 11.8. The number of allylic oxidation sites excluding steroid dienone is 4. The van der Waals surface area contributed by atoms with E-state index in [1.165, 1.54) is 37.0 Å². The molecule has 0 aliphatic heterocycles. The molecule has 0 spiro atoms. The second-order valence-electron chi connectivity index (χ2n) is 13.8. The van der Waals surface area contributed by atoms with E-state index in [9.17, 15) is 15.3 Å². The van der Waals surface area contributed by atoms with Gasteiger partial charge in [-0.05, 0) is 91.6 Å². The van der Waals surface area contributed by atoms with Crippen molar-refractivity contribution in [2.24, 2.45) is 22.7 Å². The van der Waals surface area contributed by atoms with Gasteiger partial charge in [-0.3, -0.25) is 0 Å². The zero-order chi connectivity index (χ0) is 28.0. The molecular weight excluding hydrogens is 502 g/mol. The highest BCUT2D eigenvalue weighted by Crippen LogP contribution is 2.62. The topological polar surface area (TPSA) is 73.6 Å². The van der Waals surface area contributed by atoms with Crippen LogP contribution in [-0.2, 0) is 11.8 Å². The van der Waals surface area contributed by atoms with Crippen LogP contribution in [0.3, 0.4) is 0 Å². The van der Waals surface area contributed by atoms with E-state index in [-0.39, 0.29) is 16.2 Å². The van der Waals surface area contributed by atoms with Crippen LogP contribution in [0.1, 0.15) is 103 Å². The first-order chi connectivity index (χ1) is 18.5. The van der Waals surface area contributed by atoms with Crippen molar-refractivity contribution in [2.45, 2.75) is 122 Å². The Balaban J connectivity index is 1.31.